The van der Waals surface area contributed by atoms with Crippen molar-refractivity contribution < 1.29 is 4.79 Å². The molecule has 0 aliphatic carbocycles. The number of amides is 2. The average Bonchev–Trinajstić information content (AvgIpc) is 3.07. The number of carbonyl (C=O) groups is 1. The van der Waals surface area contributed by atoms with Crippen LogP contribution in [-0.2, 0) is 0 Å². The third-order valence-electron chi connectivity index (χ3n) is 3.60. The van der Waals surface area contributed by atoms with Gasteiger partial charge in [-0.1, -0.05) is 13.8 Å². The summed E-state index contributed by atoms with van der Waals surface area (Å²) in [6.45, 7) is 7.15. The van der Waals surface area contributed by atoms with Crippen molar-refractivity contribution in [1.82, 2.24) is 25.2 Å². The molecule has 23 heavy (non-hydrogen) atoms. The molecule has 1 aliphatic rings. The number of piperazine rings is 1. The van der Waals surface area contributed by atoms with E-state index in [4.69, 9.17) is 0 Å². The molecule has 1 aliphatic heterocycles. The van der Waals surface area contributed by atoms with Gasteiger partial charge in [-0.15, -0.1) is 11.3 Å². The molecule has 0 radical (unpaired) electrons. The lowest BCUT2D eigenvalue weighted by Crippen LogP contribution is -2.50. The Morgan fingerprint density at radius 1 is 1.26 bits per heavy atom. The Kier molecular flexibility index (Phi) is 4.82. The van der Waals surface area contributed by atoms with E-state index in [9.17, 15) is 4.79 Å². The standard InChI is InChI=1S/C15H20N6OS/c1-11(2)12-10-19-14(23-12)21(13-17-4-3-5-18-13)15(22)20-8-6-16-7-9-20/h3-5,10-11,16H,6-9H2,1-2H3. The fourth-order valence-electron chi connectivity index (χ4n) is 2.30. The van der Waals surface area contributed by atoms with Crippen LogP contribution in [0.3, 0.4) is 0 Å². The summed E-state index contributed by atoms with van der Waals surface area (Å²) in [5.41, 5.74) is 0. The first-order chi connectivity index (χ1) is 11.2. The van der Waals surface area contributed by atoms with E-state index in [2.05, 4.69) is 34.1 Å². The smallest absolute Gasteiger partial charge is 0.321 e. The van der Waals surface area contributed by atoms with E-state index in [1.807, 2.05) is 11.1 Å². The summed E-state index contributed by atoms with van der Waals surface area (Å²) in [5, 5.41) is 3.86. The largest absolute Gasteiger partial charge is 0.333 e. The van der Waals surface area contributed by atoms with Crippen LogP contribution in [0.15, 0.2) is 24.7 Å². The van der Waals surface area contributed by atoms with E-state index in [1.165, 1.54) is 16.2 Å². The topological polar surface area (TPSA) is 74.2 Å². The van der Waals surface area contributed by atoms with Crippen molar-refractivity contribution in [2.75, 3.05) is 31.1 Å². The third kappa shape index (κ3) is 3.48. The fourth-order valence-corrected chi connectivity index (χ4v) is 3.21. The molecule has 0 aromatic carbocycles. The molecule has 1 fully saturated rings. The molecule has 1 saturated heterocycles. The number of urea groups is 1. The Bertz CT molecular complexity index is 653. The molecular weight excluding hydrogens is 312 g/mol. The molecule has 3 rings (SSSR count). The van der Waals surface area contributed by atoms with Crippen LogP contribution < -0.4 is 10.2 Å². The average molecular weight is 332 g/mol. The number of hydrogen-bond acceptors (Lipinski definition) is 6. The summed E-state index contributed by atoms with van der Waals surface area (Å²) in [6.07, 6.45) is 5.10. The number of hydrogen-bond donors (Lipinski definition) is 1. The van der Waals surface area contributed by atoms with Crippen LogP contribution in [0.5, 0.6) is 0 Å². The van der Waals surface area contributed by atoms with Gasteiger partial charge >= 0.3 is 6.03 Å². The molecule has 8 heteroatoms. The van der Waals surface area contributed by atoms with E-state index >= 15 is 0 Å². The molecule has 2 aromatic rings. The molecule has 0 saturated carbocycles. The van der Waals surface area contributed by atoms with Gasteiger partial charge in [0, 0.05) is 49.6 Å². The van der Waals surface area contributed by atoms with Crippen LogP contribution >= 0.6 is 11.3 Å². The molecule has 0 atom stereocenters. The second-order valence-corrected chi connectivity index (χ2v) is 6.64. The quantitative estimate of drug-likeness (QED) is 0.933. The van der Waals surface area contributed by atoms with Gasteiger partial charge in [0.05, 0.1) is 0 Å². The second-order valence-electron chi connectivity index (χ2n) is 5.60. The van der Waals surface area contributed by atoms with Crippen LogP contribution in [0.25, 0.3) is 0 Å². The first kappa shape index (κ1) is 15.8. The minimum Gasteiger partial charge on any atom is -0.321 e. The summed E-state index contributed by atoms with van der Waals surface area (Å²) < 4.78 is 0. The van der Waals surface area contributed by atoms with Gasteiger partial charge in [-0.3, -0.25) is 0 Å². The first-order valence-electron chi connectivity index (χ1n) is 7.69. The first-order valence-corrected chi connectivity index (χ1v) is 8.51. The maximum atomic E-state index is 13.0. The zero-order chi connectivity index (χ0) is 16.2. The highest BCUT2D eigenvalue weighted by atomic mass is 32.1. The highest BCUT2D eigenvalue weighted by molar-refractivity contribution is 7.15. The number of rotatable bonds is 3. The van der Waals surface area contributed by atoms with Gasteiger partial charge < -0.3 is 10.2 Å². The third-order valence-corrected chi connectivity index (χ3v) is 4.89. The molecule has 1 N–H and O–H groups in total. The van der Waals surface area contributed by atoms with Crippen LogP contribution in [0.2, 0.25) is 0 Å². The Morgan fingerprint density at radius 2 is 1.96 bits per heavy atom. The van der Waals surface area contributed by atoms with Crippen molar-refractivity contribution >= 4 is 28.4 Å². The minimum absolute atomic E-state index is 0.123. The number of nitrogens with one attached hydrogen (secondary N) is 1. The monoisotopic (exact) mass is 332 g/mol. The fraction of sp³-hybridized carbons (Fsp3) is 0.467. The lowest BCUT2D eigenvalue weighted by Gasteiger charge is -2.31. The van der Waals surface area contributed by atoms with Crippen molar-refractivity contribution in [3.8, 4) is 0 Å². The molecule has 0 unspecified atom stereocenters. The maximum Gasteiger partial charge on any atom is 0.333 e. The van der Waals surface area contributed by atoms with Gasteiger partial charge in [-0.25, -0.2) is 24.6 Å². The van der Waals surface area contributed by atoms with Crippen LogP contribution in [-0.4, -0.2) is 52.1 Å². The number of carbonyl (C=O) groups excluding carboxylic acids is 1. The van der Waals surface area contributed by atoms with Crippen molar-refractivity contribution in [3.05, 3.63) is 29.5 Å². The van der Waals surface area contributed by atoms with Crippen LogP contribution in [0.4, 0.5) is 15.9 Å². The number of thiazole rings is 1. The predicted molar refractivity (Wildman–Crippen MR) is 90.2 cm³/mol. The lowest BCUT2D eigenvalue weighted by atomic mass is 10.2. The molecule has 3 heterocycles. The molecule has 0 bridgehead atoms. The zero-order valence-electron chi connectivity index (χ0n) is 13.3. The highest BCUT2D eigenvalue weighted by Crippen LogP contribution is 2.31. The van der Waals surface area contributed by atoms with Gasteiger partial charge in [0.25, 0.3) is 0 Å². The predicted octanol–water partition coefficient (Wildman–Crippen LogP) is 2.22. The van der Waals surface area contributed by atoms with E-state index in [0.29, 0.717) is 30.1 Å². The summed E-state index contributed by atoms with van der Waals surface area (Å²) in [7, 11) is 0. The van der Waals surface area contributed by atoms with Gasteiger partial charge in [-0.05, 0) is 12.0 Å². The van der Waals surface area contributed by atoms with Crippen molar-refractivity contribution in [3.63, 3.8) is 0 Å². The summed E-state index contributed by atoms with van der Waals surface area (Å²) in [4.78, 5) is 30.4. The molecule has 2 amide bonds. The summed E-state index contributed by atoms with van der Waals surface area (Å²) >= 11 is 1.51. The van der Waals surface area contributed by atoms with E-state index < -0.39 is 0 Å². The van der Waals surface area contributed by atoms with Crippen molar-refractivity contribution in [2.24, 2.45) is 0 Å². The van der Waals surface area contributed by atoms with E-state index in [0.717, 1.165) is 18.0 Å². The zero-order valence-corrected chi connectivity index (χ0v) is 14.1. The van der Waals surface area contributed by atoms with E-state index in [1.54, 1.807) is 18.5 Å². The number of nitrogens with zero attached hydrogens (tertiary/aromatic N) is 5. The second kappa shape index (κ2) is 7.01. The van der Waals surface area contributed by atoms with Gasteiger partial charge in [0.1, 0.15) is 0 Å². The van der Waals surface area contributed by atoms with Gasteiger partial charge in [-0.2, -0.15) is 0 Å². The Morgan fingerprint density at radius 3 is 2.57 bits per heavy atom. The minimum atomic E-state index is -0.123. The lowest BCUT2D eigenvalue weighted by molar-refractivity contribution is 0.199. The van der Waals surface area contributed by atoms with Crippen LogP contribution in [0, 0.1) is 0 Å². The molecule has 7 nitrogen and oxygen atoms in total. The Labute approximate surface area is 139 Å². The molecule has 0 spiro atoms. The number of aromatic nitrogens is 3. The molecule has 122 valence electrons. The van der Waals surface area contributed by atoms with Crippen molar-refractivity contribution in [2.45, 2.75) is 19.8 Å². The molecule has 2 aromatic heterocycles. The summed E-state index contributed by atoms with van der Waals surface area (Å²) in [5.74, 6) is 0.731. The Balaban J connectivity index is 1.94. The van der Waals surface area contributed by atoms with E-state index in [-0.39, 0.29) is 6.03 Å². The Hall–Kier alpha value is -2.06. The normalized spacial score (nSPS) is 15.0. The number of anilines is 2. The molecular formula is C15H20N6OS. The SMILES string of the molecule is CC(C)c1cnc(N(C(=O)N2CCNCC2)c2ncccn2)s1. The van der Waals surface area contributed by atoms with Gasteiger partial charge in [0.2, 0.25) is 11.1 Å². The van der Waals surface area contributed by atoms with Crippen LogP contribution in [0.1, 0.15) is 24.6 Å². The van der Waals surface area contributed by atoms with Crippen molar-refractivity contribution in [1.29, 1.82) is 0 Å². The van der Waals surface area contributed by atoms with Gasteiger partial charge in [0.15, 0.2) is 0 Å². The maximum absolute atomic E-state index is 13.0. The summed E-state index contributed by atoms with van der Waals surface area (Å²) in [6, 6.07) is 1.61. The highest BCUT2D eigenvalue weighted by Gasteiger charge is 2.29.